The molecule has 108 valence electrons. The molecular weight excluding hydrogens is 240 g/mol. The lowest BCUT2D eigenvalue weighted by atomic mass is 9.91. The zero-order valence-electron chi connectivity index (χ0n) is 12.3. The lowest BCUT2D eigenvalue weighted by Crippen LogP contribution is -2.45. The third kappa shape index (κ3) is 6.64. The number of carbonyl (C=O) groups is 1. The molecule has 19 heavy (non-hydrogen) atoms. The van der Waals surface area contributed by atoms with E-state index in [1.54, 1.807) is 6.34 Å². The summed E-state index contributed by atoms with van der Waals surface area (Å²) < 4.78 is 0. The maximum absolute atomic E-state index is 11.1. The van der Waals surface area contributed by atoms with E-state index in [-0.39, 0.29) is 17.3 Å². The molecule has 5 heteroatoms. The normalized spacial score (nSPS) is 13.8. The van der Waals surface area contributed by atoms with E-state index in [0.29, 0.717) is 6.54 Å². The van der Waals surface area contributed by atoms with Crippen molar-refractivity contribution in [2.24, 2.45) is 10.7 Å². The highest BCUT2D eigenvalue weighted by molar-refractivity contribution is 5.86. The molecule has 0 fully saturated rings. The molecule has 0 heterocycles. The summed E-state index contributed by atoms with van der Waals surface area (Å²) in [7, 11) is 1.96. The van der Waals surface area contributed by atoms with Crippen molar-refractivity contribution >= 4 is 12.2 Å². The molecule has 0 aliphatic rings. The third-order valence-electron chi connectivity index (χ3n) is 3.19. The van der Waals surface area contributed by atoms with Crippen LogP contribution < -0.4 is 11.1 Å². The Balaban J connectivity index is 4.59. The first-order chi connectivity index (χ1) is 8.85. The molecule has 0 spiro atoms. The second-order valence-corrected chi connectivity index (χ2v) is 4.84. The van der Waals surface area contributed by atoms with Gasteiger partial charge in [0, 0.05) is 19.1 Å². The average molecular weight is 266 g/mol. The molecule has 1 unspecified atom stereocenters. The highest BCUT2D eigenvalue weighted by atomic mass is 16.1. The summed E-state index contributed by atoms with van der Waals surface area (Å²) in [6.45, 7) is 11.8. The van der Waals surface area contributed by atoms with Crippen LogP contribution in [0.2, 0.25) is 0 Å². The molecule has 1 atom stereocenters. The fourth-order valence-electron chi connectivity index (χ4n) is 1.84. The minimum atomic E-state index is -0.148. The van der Waals surface area contributed by atoms with Crippen LogP contribution in [0.5, 0.6) is 0 Å². The molecule has 0 aliphatic carbocycles. The van der Waals surface area contributed by atoms with Crippen molar-refractivity contribution in [3.05, 3.63) is 25.1 Å². The summed E-state index contributed by atoms with van der Waals surface area (Å²) >= 11 is 0. The lowest BCUT2D eigenvalue weighted by Gasteiger charge is -2.38. The van der Waals surface area contributed by atoms with Crippen molar-refractivity contribution < 1.29 is 4.79 Å². The van der Waals surface area contributed by atoms with Crippen LogP contribution in [0.15, 0.2) is 30.0 Å². The van der Waals surface area contributed by atoms with E-state index in [2.05, 4.69) is 37.3 Å². The van der Waals surface area contributed by atoms with E-state index in [1.807, 2.05) is 11.9 Å². The van der Waals surface area contributed by atoms with Gasteiger partial charge in [-0.15, -0.1) is 0 Å². The number of hydrogen-bond donors (Lipinski definition) is 2. The molecule has 0 aliphatic heterocycles. The Bertz CT molecular complexity index is 351. The smallest absolute Gasteiger partial charge is 0.243 e. The molecule has 0 saturated heterocycles. The molecule has 0 saturated carbocycles. The van der Waals surface area contributed by atoms with Crippen molar-refractivity contribution in [2.45, 2.75) is 38.6 Å². The number of carbonyl (C=O) groups excluding carboxylic acids is 1. The van der Waals surface area contributed by atoms with Gasteiger partial charge in [-0.3, -0.25) is 4.79 Å². The fourth-order valence-corrected chi connectivity index (χ4v) is 1.84. The van der Waals surface area contributed by atoms with Crippen molar-refractivity contribution in [1.29, 1.82) is 0 Å². The zero-order valence-corrected chi connectivity index (χ0v) is 12.3. The van der Waals surface area contributed by atoms with Crippen LogP contribution in [0.25, 0.3) is 0 Å². The summed E-state index contributed by atoms with van der Waals surface area (Å²) in [5.41, 5.74) is 5.35. The SMILES string of the molecule is C=CC(=O)NCCC(C)(CCC)N(C)/C=N\C(=C)N. The Hall–Kier alpha value is -1.78. The molecule has 5 nitrogen and oxygen atoms in total. The number of nitrogens with one attached hydrogen (secondary N) is 1. The lowest BCUT2D eigenvalue weighted by molar-refractivity contribution is -0.116. The molecule has 0 bridgehead atoms. The van der Waals surface area contributed by atoms with Gasteiger partial charge in [-0.2, -0.15) is 0 Å². The quantitative estimate of drug-likeness (QED) is 0.378. The topological polar surface area (TPSA) is 70.7 Å². The Labute approximate surface area is 116 Å². The van der Waals surface area contributed by atoms with Crippen molar-refractivity contribution in [3.8, 4) is 0 Å². The second-order valence-electron chi connectivity index (χ2n) is 4.84. The molecule has 1 amide bonds. The van der Waals surface area contributed by atoms with E-state index < -0.39 is 0 Å². The Morgan fingerprint density at radius 1 is 1.53 bits per heavy atom. The first-order valence-corrected chi connectivity index (χ1v) is 6.47. The standard InChI is InChI=1S/C14H26N4O/c1-6-8-14(4,9-10-16-13(19)7-2)18(5)11-17-12(3)15/h7,11H,2-3,6,8-10,15H2,1,4-5H3,(H,16,19)/b17-11-. The van der Waals surface area contributed by atoms with E-state index in [0.717, 1.165) is 19.3 Å². The number of hydrogen-bond acceptors (Lipinski definition) is 3. The van der Waals surface area contributed by atoms with E-state index in [1.165, 1.54) is 6.08 Å². The van der Waals surface area contributed by atoms with Crippen molar-refractivity contribution in [3.63, 3.8) is 0 Å². The van der Waals surface area contributed by atoms with Crippen LogP contribution in [-0.4, -0.2) is 36.3 Å². The second kappa shape index (κ2) is 8.34. The van der Waals surface area contributed by atoms with Crippen LogP contribution in [0.1, 0.15) is 33.1 Å². The Morgan fingerprint density at radius 2 is 2.16 bits per heavy atom. The summed E-state index contributed by atoms with van der Waals surface area (Å²) in [6.07, 6.45) is 5.83. The van der Waals surface area contributed by atoms with E-state index in [9.17, 15) is 4.79 Å². The molecule has 0 aromatic heterocycles. The van der Waals surface area contributed by atoms with Gasteiger partial charge in [0.25, 0.3) is 0 Å². The number of nitrogens with zero attached hydrogens (tertiary/aromatic N) is 2. The Morgan fingerprint density at radius 3 is 2.63 bits per heavy atom. The van der Waals surface area contributed by atoms with Gasteiger partial charge in [-0.05, 0) is 25.8 Å². The van der Waals surface area contributed by atoms with Gasteiger partial charge in [0.2, 0.25) is 5.91 Å². The van der Waals surface area contributed by atoms with Crippen LogP contribution >= 0.6 is 0 Å². The van der Waals surface area contributed by atoms with E-state index in [4.69, 9.17) is 5.73 Å². The number of aliphatic imine (C=N–C) groups is 1. The third-order valence-corrected chi connectivity index (χ3v) is 3.19. The fraction of sp³-hybridized carbons (Fsp3) is 0.571. The molecule has 0 radical (unpaired) electrons. The van der Waals surface area contributed by atoms with Gasteiger partial charge >= 0.3 is 0 Å². The summed E-state index contributed by atoms with van der Waals surface area (Å²) in [5.74, 6) is 0.135. The minimum Gasteiger partial charge on any atom is -0.384 e. The molecule has 3 N–H and O–H groups in total. The van der Waals surface area contributed by atoms with E-state index >= 15 is 0 Å². The van der Waals surface area contributed by atoms with Gasteiger partial charge in [0.05, 0.1) is 6.34 Å². The van der Waals surface area contributed by atoms with Crippen LogP contribution in [0.4, 0.5) is 0 Å². The van der Waals surface area contributed by atoms with Gasteiger partial charge in [0.15, 0.2) is 0 Å². The number of nitrogens with two attached hydrogens (primary N) is 1. The van der Waals surface area contributed by atoms with Gasteiger partial charge < -0.3 is 16.0 Å². The van der Waals surface area contributed by atoms with Crippen LogP contribution in [0.3, 0.4) is 0 Å². The first-order valence-electron chi connectivity index (χ1n) is 6.47. The van der Waals surface area contributed by atoms with Crippen LogP contribution in [-0.2, 0) is 4.79 Å². The predicted molar refractivity (Wildman–Crippen MR) is 80.7 cm³/mol. The maximum atomic E-state index is 11.1. The van der Waals surface area contributed by atoms with Crippen molar-refractivity contribution in [2.75, 3.05) is 13.6 Å². The molecule has 0 aromatic carbocycles. The van der Waals surface area contributed by atoms with Gasteiger partial charge in [-0.1, -0.05) is 26.5 Å². The van der Waals surface area contributed by atoms with Gasteiger partial charge in [0.1, 0.15) is 5.82 Å². The number of rotatable bonds is 9. The summed E-state index contributed by atoms with van der Waals surface area (Å²) in [5, 5.41) is 2.80. The highest BCUT2D eigenvalue weighted by Gasteiger charge is 2.26. The monoisotopic (exact) mass is 266 g/mol. The summed E-state index contributed by atoms with van der Waals surface area (Å²) in [4.78, 5) is 17.2. The largest absolute Gasteiger partial charge is 0.384 e. The zero-order chi connectivity index (χ0) is 14.9. The molecule has 0 aromatic rings. The maximum Gasteiger partial charge on any atom is 0.243 e. The number of amides is 1. The van der Waals surface area contributed by atoms with Gasteiger partial charge in [-0.25, -0.2) is 4.99 Å². The molecule has 0 rings (SSSR count). The predicted octanol–water partition coefficient (Wildman–Crippen LogP) is 1.63. The summed E-state index contributed by atoms with van der Waals surface area (Å²) in [6, 6.07) is 0. The van der Waals surface area contributed by atoms with Crippen LogP contribution in [0, 0.1) is 0 Å². The first kappa shape index (κ1) is 17.2. The molecular formula is C14H26N4O. The highest BCUT2D eigenvalue weighted by Crippen LogP contribution is 2.22. The van der Waals surface area contributed by atoms with Crippen molar-refractivity contribution in [1.82, 2.24) is 10.2 Å². The Kier molecular flexibility index (Phi) is 7.56. The average Bonchev–Trinajstić information content (AvgIpc) is 2.35. The minimum absolute atomic E-state index is 0.0812.